The van der Waals surface area contributed by atoms with Crippen molar-refractivity contribution in [2.24, 2.45) is 0 Å². The van der Waals surface area contributed by atoms with Crippen LogP contribution >= 0.6 is 11.3 Å². The van der Waals surface area contributed by atoms with Crippen LogP contribution in [0.4, 0.5) is 29.7 Å². The number of hydrogen-bond acceptors (Lipinski definition) is 5. The van der Waals surface area contributed by atoms with E-state index >= 15 is 0 Å². The van der Waals surface area contributed by atoms with Gasteiger partial charge in [-0.05, 0) is 61.4 Å². The van der Waals surface area contributed by atoms with Crippen LogP contribution in [0, 0.1) is 13.8 Å². The minimum Gasteiger partial charge on any atom is -0.478 e. The van der Waals surface area contributed by atoms with E-state index in [1.165, 1.54) is 47.9 Å². The van der Waals surface area contributed by atoms with E-state index in [-0.39, 0.29) is 28.1 Å². The maximum Gasteiger partial charge on any atom is 0.416 e. The van der Waals surface area contributed by atoms with Crippen molar-refractivity contribution >= 4 is 45.3 Å². The summed E-state index contributed by atoms with van der Waals surface area (Å²) in [5.41, 5.74) is 3.52. The minimum atomic E-state index is -4.62. The monoisotopic (exact) mass is 535 g/mol. The molecule has 10 heteroatoms. The second kappa shape index (κ2) is 9.46. The van der Waals surface area contributed by atoms with Crippen molar-refractivity contribution in [3.63, 3.8) is 0 Å². The number of carboxylic acids is 1. The summed E-state index contributed by atoms with van der Waals surface area (Å²) < 4.78 is 40.5. The van der Waals surface area contributed by atoms with Crippen molar-refractivity contribution in [1.29, 1.82) is 0 Å². The van der Waals surface area contributed by atoms with Gasteiger partial charge in [0.05, 0.1) is 33.8 Å². The van der Waals surface area contributed by atoms with Crippen LogP contribution in [-0.2, 0) is 11.0 Å². The van der Waals surface area contributed by atoms with Gasteiger partial charge in [0.15, 0.2) is 5.13 Å². The highest BCUT2D eigenvalue weighted by molar-refractivity contribution is 7.14. The van der Waals surface area contributed by atoms with E-state index in [0.717, 1.165) is 39.4 Å². The molecule has 192 valence electrons. The first-order chi connectivity index (χ1) is 18.0. The number of fused-ring (bicyclic) bond motifs is 1. The lowest BCUT2D eigenvalue weighted by molar-refractivity contribution is -0.137. The van der Waals surface area contributed by atoms with Gasteiger partial charge in [-0.1, -0.05) is 24.3 Å². The first-order valence-corrected chi connectivity index (χ1v) is 12.3. The van der Waals surface area contributed by atoms with Crippen LogP contribution < -0.4 is 10.2 Å². The molecule has 1 aliphatic rings. The van der Waals surface area contributed by atoms with Crippen molar-refractivity contribution in [1.82, 2.24) is 4.98 Å². The van der Waals surface area contributed by atoms with Crippen molar-refractivity contribution in [2.75, 3.05) is 10.2 Å². The van der Waals surface area contributed by atoms with E-state index in [9.17, 15) is 27.9 Å². The summed E-state index contributed by atoms with van der Waals surface area (Å²) in [5, 5.41) is 14.7. The number of amides is 1. The van der Waals surface area contributed by atoms with Gasteiger partial charge < -0.3 is 10.4 Å². The zero-order valence-electron chi connectivity index (χ0n) is 20.1. The molecule has 0 saturated heterocycles. The fraction of sp³-hybridized carbons (Fsp3) is 0.107. The summed E-state index contributed by atoms with van der Waals surface area (Å²) in [6.07, 6.45) is -3.21. The van der Waals surface area contributed by atoms with E-state index in [2.05, 4.69) is 10.3 Å². The Labute approximate surface area is 219 Å². The number of carbonyl (C=O) groups excluding carboxylic acids is 1. The third-order valence-electron chi connectivity index (χ3n) is 6.29. The molecule has 1 aliphatic heterocycles. The number of aryl methyl sites for hydroxylation is 2. The van der Waals surface area contributed by atoms with Gasteiger partial charge in [0.25, 0.3) is 5.91 Å². The van der Waals surface area contributed by atoms with Crippen LogP contribution in [-0.4, -0.2) is 22.0 Å². The zero-order valence-corrected chi connectivity index (χ0v) is 20.9. The van der Waals surface area contributed by atoms with Gasteiger partial charge in [-0.3, -0.25) is 9.69 Å². The standard InChI is InChI=1S/C28H20F3N3O3S/c1-15-6-7-17(10-16(15)2)23-14-38-27(33-23)32-13-22-21-9-8-19(28(29,30)31)12-24(21)34(25(22)35)20-5-3-4-18(11-20)26(36)37/h3-14H,1-2H3,(H,32,33)(H,36,37). The Kier molecular flexibility index (Phi) is 6.28. The number of rotatable bonds is 5. The molecule has 6 nitrogen and oxygen atoms in total. The molecule has 2 heterocycles. The number of hydrogen-bond donors (Lipinski definition) is 2. The number of carboxylic acid groups (broad SMARTS) is 1. The molecule has 2 N–H and O–H groups in total. The van der Waals surface area contributed by atoms with Crippen LogP contribution in [0.2, 0.25) is 0 Å². The Balaban J connectivity index is 1.52. The van der Waals surface area contributed by atoms with Gasteiger partial charge in [0.2, 0.25) is 0 Å². The number of nitrogens with one attached hydrogen (secondary N) is 1. The van der Waals surface area contributed by atoms with E-state index in [4.69, 9.17) is 0 Å². The number of anilines is 3. The number of benzene rings is 3. The molecule has 0 radical (unpaired) electrons. The van der Waals surface area contributed by atoms with E-state index in [1.54, 1.807) is 0 Å². The van der Waals surface area contributed by atoms with Crippen LogP contribution in [0.25, 0.3) is 16.8 Å². The Morgan fingerprint density at radius 2 is 1.84 bits per heavy atom. The van der Waals surface area contributed by atoms with Crippen molar-refractivity contribution < 1.29 is 27.9 Å². The summed E-state index contributed by atoms with van der Waals surface area (Å²) >= 11 is 1.32. The molecule has 1 amide bonds. The highest BCUT2D eigenvalue weighted by atomic mass is 32.1. The largest absolute Gasteiger partial charge is 0.478 e. The number of thiazole rings is 1. The molecule has 0 atom stereocenters. The highest BCUT2D eigenvalue weighted by Gasteiger charge is 2.38. The maximum absolute atomic E-state index is 13.5. The van der Waals surface area contributed by atoms with Gasteiger partial charge in [0.1, 0.15) is 0 Å². The molecule has 0 aliphatic carbocycles. The number of aromatic nitrogens is 1. The second-order valence-electron chi connectivity index (χ2n) is 8.77. The van der Waals surface area contributed by atoms with Gasteiger partial charge in [-0.2, -0.15) is 13.2 Å². The Hall–Kier alpha value is -4.44. The lowest BCUT2D eigenvalue weighted by Crippen LogP contribution is -2.21. The molecular formula is C28H20F3N3O3S. The van der Waals surface area contributed by atoms with Gasteiger partial charge in [0, 0.05) is 22.7 Å². The van der Waals surface area contributed by atoms with E-state index in [1.807, 2.05) is 37.4 Å². The minimum absolute atomic E-state index is 0.00960. The second-order valence-corrected chi connectivity index (χ2v) is 9.62. The predicted octanol–water partition coefficient (Wildman–Crippen LogP) is 7.28. The average Bonchev–Trinajstić information content (AvgIpc) is 3.45. The summed E-state index contributed by atoms with van der Waals surface area (Å²) in [6.45, 7) is 4.04. The summed E-state index contributed by atoms with van der Waals surface area (Å²) in [6, 6.07) is 14.6. The Morgan fingerprint density at radius 3 is 2.55 bits per heavy atom. The number of halogens is 3. The molecule has 0 saturated carbocycles. The molecule has 38 heavy (non-hydrogen) atoms. The fourth-order valence-electron chi connectivity index (χ4n) is 4.15. The number of aromatic carboxylic acids is 1. The normalized spacial score (nSPS) is 14.2. The van der Waals surface area contributed by atoms with Crippen LogP contribution in [0.3, 0.4) is 0 Å². The quantitative estimate of drug-likeness (QED) is 0.263. The number of nitrogens with zero attached hydrogens (tertiary/aromatic N) is 2. The molecule has 0 unspecified atom stereocenters. The smallest absolute Gasteiger partial charge is 0.416 e. The Morgan fingerprint density at radius 1 is 1.05 bits per heavy atom. The first kappa shape index (κ1) is 25.2. The lowest BCUT2D eigenvalue weighted by atomic mass is 10.1. The highest BCUT2D eigenvalue weighted by Crippen LogP contribution is 2.44. The van der Waals surface area contributed by atoms with Gasteiger partial charge in [-0.15, -0.1) is 11.3 Å². The topological polar surface area (TPSA) is 82.5 Å². The molecular weight excluding hydrogens is 515 g/mol. The maximum atomic E-state index is 13.5. The molecule has 1 aromatic heterocycles. The van der Waals surface area contributed by atoms with Gasteiger partial charge in [-0.25, -0.2) is 9.78 Å². The van der Waals surface area contributed by atoms with Crippen LogP contribution in [0.1, 0.15) is 32.6 Å². The first-order valence-electron chi connectivity index (χ1n) is 11.4. The summed E-state index contributed by atoms with van der Waals surface area (Å²) in [4.78, 5) is 30.6. The van der Waals surface area contributed by atoms with Gasteiger partial charge >= 0.3 is 12.1 Å². The molecule has 0 fully saturated rings. The lowest BCUT2D eigenvalue weighted by Gasteiger charge is -2.19. The number of alkyl halides is 3. The Bertz CT molecular complexity index is 1630. The average molecular weight is 536 g/mol. The van der Waals surface area contributed by atoms with Crippen LogP contribution in [0.5, 0.6) is 0 Å². The number of carbonyl (C=O) groups is 2. The van der Waals surface area contributed by atoms with Crippen molar-refractivity contribution in [3.05, 3.63) is 100 Å². The van der Waals surface area contributed by atoms with E-state index in [0.29, 0.717) is 5.13 Å². The fourth-order valence-corrected chi connectivity index (χ4v) is 4.84. The molecule has 0 spiro atoms. The zero-order chi connectivity index (χ0) is 27.2. The molecule has 4 aromatic rings. The van der Waals surface area contributed by atoms with Crippen molar-refractivity contribution in [3.8, 4) is 11.3 Å². The predicted molar refractivity (Wildman–Crippen MR) is 141 cm³/mol. The molecule has 3 aromatic carbocycles. The molecule has 5 rings (SSSR count). The third-order valence-corrected chi connectivity index (χ3v) is 7.06. The van der Waals surface area contributed by atoms with Crippen LogP contribution in [0.15, 0.2) is 72.2 Å². The summed E-state index contributed by atoms with van der Waals surface area (Å²) in [7, 11) is 0. The molecule has 0 bridgehead atoms. The third kappa shape index (κ3) is 4.66. The summed E-state index contributed by atoms with van der Waals surface area (Å²) in [5.74, 6) is -1.82. The van der Waals surface area contributed by atoms with E-state index < -0.39 is 23.6 Å². The SMILES string of the molecule is Cc1ccc(-c2csc(NC=C3C(=O)N(c4cccc(C(=O)O)c4)c4cc(C(F)(F)F)ccc43)n2)cc1C. The van der Waals surface area contributed by atoms with Crippen molar-refractivity contribution in [2.45, 2.75) is 20.0 Å².